The Kier molecular flexibility index (Phi) is 6.78. The van der Waals surface area contributed by atoms with Crippen LogP contribution in [0.3, 0.4) is 0 Å². The molecular weight excluding hydrogens is 392 g/mol. The molecule has 0 atom stereocenters. The number of benzene rings is 1. The molecule has 0 unspecified atom stereocenters. The largest absolute Gasteiger partial charge is 0.462 e. The van der Waals surface area contributed by atoms with Gasteiger partial charge in [-0.2, -0.15) is 5.10 Å². The number of thiophene rings is 1. The number of carbonyl (C=O) groups is 1. The number of nitrogens with one attached hydrogen (secondary N) is 2. The van der Waals surface area contributed by atoms with Gasteiger partial charge in [-0.15, -0.1) is 11.3 Å². The Morgan fingerprint density at radius 3 is 2.75 bits per heavy atom. The van der Waals surface area contributed by atoms with Crippen molar-refractivity contribution >= 4 is 39.6 Å². The van der Waals surface area contributed by atoms with Gasteiger partial charge in [-0.05, 0) is 37.7 Å². The number of anilines is 1. The van der Waals surface area contributed by atoms with Crippen molar-refractivity contribution in [3.63, 3.8) is 0 Å². The Morgan fingerprint density at radius 1 is 1.29 bits per heavy atom. The highest BCUT2D eigenvalue weighted by Crippen LogP contribution is 2.35. The summed E-state index contributed by atoms with van der Waals surface area (Å²) in [6.07, 6.45) is 3.78. The van der Waals surface area contributed by atoms with Crippen molar-refractivity contribution in [2.45, 2.75) is 26.9 Å². The molecule has 0 aliphatic heterocycles. The van der Waals surface area contributed by atoms with Crippen molar-refractivity contribution in [1.29, 1.82) is 0 Å². The molecule has 3 rings (SSSR count). The van der Waals surface area contributed by atoms with Crippen molar-refractivity contribution in [2.75, 3.05) is 11.9 Å². The molecule has 0 bridgehead atoms. The fourth-order valence-corrected chi connectivity index (χ4v) is 3.88. The molecule has 2 N–H and O–H groups in total. The smallest absolute Gasteiger partial charge is 0.341 e. The highest BCUT2D eigenvalue weighted by molar-refractivity contribution is 7.80. The summed E-state index contributed by atoms with van der Waals surface area (Å²) < 4.78 is 7.06. The Hall–Kier alpha value is -2.71. The molecule has 0 saturated heterocycles. The van der Waals surface area contributed by atoms with Gasteiger partial charge in [0.1, 0.15) is 5.00 Å². The second kappa shape index (κ2) is 9.48. The van der Waals surface area contributed by atoms with Crippen LogP contribution < -0.4 is 10.6 Å². The molecule has 8 heteroatoms. The van der Waals surface area contributed by atoms with Crippen LogP contribution >= 0.6 is 23.6 Å². The number of thiocarbonyl (C=S) groups is 1. The van der Waals surface area contributed by atoms with E-state index in [1.54, 1.807) is 6.92 Å². The lowest BCUT2D eigenvalue weighted by Crippen LogP contribution is -2.28. The highest BCUT2D eigenvalue weighted by Gasteiger charge is 2.19. The quantitative estimate of drug-likeness (QED) is 0.444. The molecule has 0 spiro atoms. The van der Waals surface area contributed by atoms with Crippen molar-refractivity contribution in [1.82, 2.24) is 15.1 Å². The van der Waals surface area contributed by atoms with E-state index in [0.29, 0.717) is 28.8 Å². The van der Waals surface area contributed by atoms with Crippen LogP contribution in [0.2, 0.25) is 0 Å². The lowest BCUT2D eigenvalue weighted by Gasteiger charge is -2.09. The molecule has 0 fully saturated rings. The van der Waals surface area contributed by atoms with Crippen molar-refractivity contribution in [2.24, 2.45) is 0 Å². The van der Waals surface area contributed by atoms with Crippen LogP contribution in [0.25, 0.3) is 10.4 Å². The van der Waals surface area contributed by atoms with E-state index in [1.165, 1.54) is 11.3 Å². The minimum Gasteiger partial charge on any atom is -0.462 e. The van der Waals surface area contributed by atoms with Crippen LogP contribution in [-0.2, 0) is 17.8 Å². The summed E-state index contributed by atoms with van der Waals surface area (Å²) in [5, 5.41) is 11.6. The maximum absolute atomic E-state index is 12.4. The molecule has 0 amide bonds. The average Bonchev–Trinajstić information content (AvgIpc) is 3.34. The first-order chi connectivity index (χ1) is 13.6. The van der Waals surface area contributed by atoms with E-state index >= 15 is 0 Å². The zero-order valence-electron chi connectivity index (χ0n) is 15.8. The van der Waals surface area contributed by atoms with Gasteiger partial charge in [0.25, 0.3) is 0 Å². The Bertz CT molecular complexity index is 950. The average molecular weight is 415 g/mol. The Morgan fingerprint density at radius 2 is 2.07 bits per heavy atom. The molecule has 0 saturated carbocycles. The van der Waals surface area contributed by atoms with Crippen molar-refractivity contribution in [3.05, 3.63) is 59.9 Å². The predicted molar refractivity (Wildman–Crippen MR) is 117 cm³/mol. The lowest BCUT2D eigenvalue weighted by molar-refractivity contribution is 0.0528. The summed E-state index contributed by atoms with van der Waals surface area (Å²) in [7, 11) is 0. The number of aryl methyl sites for hydroxylation is 1. The predicted octanol–water partition coefficient (Wildman–Crippen LogP) is 4.29. The number of esters is 1. The molecule has 6 nitrogen and oxygen atoms in total. The maximum atomic E-state index is 12.4. The number of hydrogen-bond acceptors (Lipinski definition) is 5. The van der Waals surface area contributed by atoms with Gasteiger partial charge in [0, 0.05) is 29.7 Å². The monoisotopic (exact) mass is 414 g/mol. The van der Waals surface area contributed by atoms with E-state index in [1.807, 2.05) is 60.4 Å². The van der Waals surface area contributed by atoms with Gasteiger partial charge in [0.15, 0.2) is 5.11 Å². The van der Waals surface area contributed by atoms with E-state index in [4.69, 9.17) is 17.0 Å². The van der Waals surface area contributed by atoms with Gasteiger partial charge in [0.2, 0.25) is 0 Å². The van der Waals surface area contributed by atoms with Gasteiger partial charge in [0.05, 0.1) is 18.4 Å². The van der Waals surface area contributed by atoms with Gasteiger partial charge >= 0.3 is 5.97 Å². The fraction of sp³-hybridized carbons (Fsp3) is 0.250. The molecule has 1 aromatic carbocycles. The van der Waals surface area contributed by atoms with E-state index in [0.717, 1.165) is 22.5 Å². The number of aromatic nitrogens is 2. The van der Waals surface area contributed by atoms with Gasteiger partial charge < -0.3 is 15.4 Å². The van der Waals surface area contributed by atoms with Crippen LogP contribution in [0.4, 0.5) is 5.00 Å². The maximum Gasteiger partial charge on any atom is 0.341 e. The Balaban J connectivity index is 1.74. The SMILES string of the molecule is CCOC(=O)c1cc(-c2ccccc2)sc1NC(=S)NCc1cnn(CC)c1. The first kappa shape index (κ1) is 20.0. The number of carbonyl (C=O) groups excluding carboxylic acids is 1. The zero-order chi connectivity index (χ0) is 19.9. The molecular formula is C20H22N4O2S2. The van der Waals surface area contributed by atoms with Crippen LogP contribution in [0.1, 0.15) is 29.8 Å². The summed E-state index contributed by atoms with van der Waals surface area (Å²) in [5.41, 5.74) is 2.55. The standard InChI is InChI=1S/C20H22N4O2S2/c1-3-24-13-14(12-22-24)11-21-20(27)23-18-16(19(25)26-4-2)10-17(28-18)15-8-6-5-7-9-15/h5-10,12-13H,3-4,11H2,1-2H3,(H2,21,23,27). The van der Waals surface area contributed by atoms with Crippen LogP contribution in [0.5, 0.6) is 0 Å². The second-order valence-corrected chi connectivity index (χ2v) is 7.41. The van der Waals surface area contributed by atoms with Crippen LogP contribution in [0.15, 0.2) is 48.8 Å². The molecule has 3 aromatic rings. The molecule has 0 radical (unpaired) electrons. The number of rotatable bonds is 7. The summed E-state index contributed by atoms with van der Waals surface area (Å²) in [5.74, 6) is -0.365. The number of hydrogen-bond donors (Lipinski definition) is 2. The minimum absolute atomic E-state index is 0.318. The van der Waals surface area contributed by atoms with Gasteiger partial charge in [-0.1, -0.05) is 30.3 Å². The first-order valence-electron chi connectivity index (χ1n) is 9.03. The highest BCUT2D eigenvalue weighted by atomic mass is 32.1. The summed E-state index contributed by atoms with van der Waals surface area (Å²) >= 11 is 6.88. The topological polar surface area (TPSA) is 68.2 Å². The third-order valence-corrected chi connectivity index (χ3v) is 5.32. The van der Waals surface area contributed by atoms with Crippen molar-refractivity contribution in [3.8, 4) is 10.4 Å². The molecule has 0 aliphatic carbocycles. The van der Waals surface area contributed by atoms with Gasteiger partial charge in [-0.25, -0.2) is 4.79 Å². The van der Waals surface area contributed by atoms with Crippen LogP contribution in [-0.4, -0.2) is 27.5 Å². The molecule has 28 heavy (non-hydrogen) atoms. The summed E-state index contributed by atoms with van der Waals surface area (Å²) in [6.45, 7) is 5.52. The lowest BCUT2D eigenvalue weighted by atomic mass is 10.1. The van der Waals surface area contributed by atoms with Crippen LogP contribution in [0, 0.1) is 0 Å². The van der Waals surface area contributed by atoms with Gasteiger partial charge in [-0.3, -0.25) is 4.68 Å². The number of nitrogens with zero attached hydrogens (tertiary/aromatic N) is 2. The molecule has 2 heterocycles. The van der Waals surface area contributed by atoms with E-state index in [-0.39, 0.29) is 5.97 Å². The number of ether oxygens (including phenoxy) is 1. The molecule has 0 aliphatic rings. The normalized spacial score (nSPS) is 10.5. The van der Waals surface area contributed by atoms with E-state index in [2.05, 4.69) is 15.7 Å². The third kappa shape index (κ3) is 4.96. The Labute approximate surface area is 173 Å². The third-order valence-electron chi connectivity index (χ3n) is 3.98. The second-order valence-electron chi connectivity index (χ2n) is 5.95. The first-order valence-corrected chi connectivity index (χ1v) is 10.3. The minimum atomic E-state index is -0.365. The molecule has 2 aromatic heterocycles. The summed E-state index contributed by atoms with van der Waals surface area (Å²) in [4.78, 5) is 13.3. The fourth-order valence-electron chi connectivity index (χ4n) is 2.59. The van der Waals surface area contributed by atoms with Crippen molar-refractivity contribution < 1.29 is 9.53 Å². The summed E-state index contributed by atoms with van der Waals surface area (Å²) in [6, 6.07) is 11.7. The zero-order valence-corrected chi connectivity index (χ0v) is 17.4. The van der Waals surface area contributed by atoms with E-state index < -0.39 is 0 Å². The molecule has 146 valence electrons. The van der Waals surface area contributed by atoms with E-state index in [9.17, 15) is 4.79 Å².